The standard InChI is InChI=1S/C19H34O5/c1-6-17-16(20)9-12(4)19(24-17)23-13(5)7-8-14-10-15(14)18(21)22-11(2)3/h6,11-21H,1,7-10H2,2-5H3/t12-,13-,14+,15+,16-,17+,18?,19-/m1/s1. The molecular formula is C19H34O5. The predicted octanol–water partition coefficient (Wildman–Crippen LogP) is 2.85. The van der Waals surface area contributed by atoms with Crippen molar-refractivity contribution in [3.05, 3.63) is 12.7 Å². The molecule has 0 amide bonds. The lowest BCUT2D eigenvalue weighted by Gasteiger charge is -2.37. The van der Waals surface area contributed by atoms with Crippen molar-refractivity contribution in [3.63, 3.8) is 0 Å². The van der Waals surface area contributed by atoms with Gasteiger partial charge in [-0.25, -0.2) is 0 Å². The van der Waals surface area contributed by atoms with Gasteiger partial charge in [-0.15, -0.1) is 6.58 Å². The van der Waals surface area contributed by atoms with Crippen molar-refractivity contribution in [3.8, 4) is 0 Å². The van der Waals surface area contributed by atoms with Crippen molar-refractivity contribution in [2.45, 2.75) is 90.4 Å². The molecule has 0 spiro atoms. The van der Waals surface area contributed by atoms with E-state index in [1.54, 1.807) is 6.08 Å². The lowest BCUT2D eigenvalue weighted by Crippen LogP contribution is -2.44. The predicted molar refractivity (Wildman–Crippen MR) is 92.3 cm³/mol. The first-order valence-corrected chi connectivity index (χ1v) is 9.26. The minimum absolute atomic E-state index is 0.0570. The first-order valence-electron chi connectivity index (χ1n) is 9.26. The topological polar surface area (TPSA) is 68.2 Å². The van der Waals surface area contributed by atoms with Crippen molar-refractivity contribution in [1.82, 2.24) is 0 Å². The summed E-state index contributed by atoms with van der Waals surface area (Å²) < 4.78 is 17.3. The largest absolute Gasteiger partial charge is 0.390 e. The average molecular weight is 342 g/mol. The van der Waals surface area contributed by atoms with Crippen LogP contribution in [0.2, 0.25) is 0 Å². The number of hydrogen-bond acceptors (Lipinski definition) is 5. The van der Waals surface area contributed by atoms with Crippen molar-refractivity contribution in [2.24, 2.45) is 17.8 Å². The van der Waals surface area contributed by atoms with Gasteiger partial charge in [0.1, 0.15) is 6.10 Å². The van der Waals surface area contributed by atoms with Gasteiger partial charge < -0.3 is 24.4 Å². The highest BCUT2D eigenvalue weighted by Gasteiger charge is 2.43. The molecule has 0 radical (unpaired) electrons. The maximum atomic E-state index is 9.97. The molecule has 1 aliphatic carbocycles. The summed E-state index contributed by atoms with van der Waals surface area (Å²) in [4.78, 5) is 0. The molecule has 1 saturated heterocycles. The third kappa shape index (κ3) is 5.53. The van der Waals surface area contributed by atoms with E-state index in [-0.39, 0.29) is 36.4 Å². The molecule has 2 aliphatic rings. The van der Waals surface area contributed by atoms with Crippen LogP contribution in [0.15, 0.2) is 12.7 Å². The van der Waals surface area contributed by atoms with Gasteiger partial charge >= 0.3 is 0 Å². The highest BCUT2D eigenvalue weighted by atomic mass is 16.7. The van der Waals surface area contributed by atoms with E-state index in [1.165, 1.54) is 0 Å². The lowest BCUT2D eigenvalue weighted by molar-refractivity contribution is -0.248. The lowest BCUT2D eigenvalue weighted by atomic mass is 9.96. The Bertz CT molecular complexity index is 399. The highest BCUT2D eigenvalue weighted by molar-refractivity contribution is 4.91. The van der Waals surface area contributed by atoms with Crippen LogP contribution >= 0.6 is 0 Å². The Morgan fingerprint density at radius 1 is 1.29 bits per heavy atom. The van der Waals surface area contributed by atoms with E-state index < -0.39 is 12.4 Å². The van der Waals surface area contributed by atoms with Crippen LogP contribution in [0, 0.1) is 17.8 Å². The smallest absolute Gasteiger partial charge is 0.161 e. The first-order chi connectivity index (χ1) is 11.3. The minimum atomic E-state index is -0.636. The Labute approximate surface area is 146 Å². The van der Waals surface area contributed by atoms with Crippen LogP contribution in [0.3, 0.4) is 0 Å². The molecular weight excluding hydrogens is 308 g/mol. The summed E-state index contributed by atoms with van der Waals surface area (Å²) in [7, 11) is 0. The summed E-state index contributed by atoms with van der Waals surface area (Å²) in [6.45, 7) is 11.7. The Hall–Kier alpha value is -0.460. The zero-order valence-corrected chi connectivity index (χ0v) is 15.4. The van der Waals surface area contributed by atoms with Gasteiger partial charge in [-0.05, 0) is 52.4 Å². The van der Waals surface area contributed by atoms with Crippen LogP contribution in [0.25, 0.3) is 0 Å². The molecule has 8 atom stereocenters. The quantitative estimate of drug-likeness (QED) is 0.498. The van der Waals surface area contributed by atoms with E-state index in [2.05, 4.69) is 13.5 Å². The van der Waals surface area contributed by atoms with Crippen molar-refractivity contribution in [2.75, 3.05) is 0 Å². The van der Waals surface area contributed by atoms with E-state index in [0.29, 0.717) is 12.3 Å². The Morgan fingerprint density at radius 3 is 2.62 bits per heavy atom. The molecule has 1 aliphatic heterocycles. The van der Waals surface area contributed by atoms with Crippen molar-refractivity contribution >= 4 is 0 Å². The van der Waals surface area contributed by atoms with Crippen LogP contribution in [0.5, 0.6) is 0 Å². The molecule has 0 bridgehead atoms. The van der Waals surface area contributed by atoms with Gasteiger partial charge in [0.25, 0.3) is 0 Å². The minimum Gasteiger partial charge on any atom is -0.390 e. The molecule has 2 N–H and O–H groups in total. The number of rotatable bonds is 9. The van der Waals surface area contributed by atoms with Gasteiger partial charge in [0.05, 0.1) is 18.3 Å². The number of aliphatic hydroxyl groups is 2. The van der Waals surface area contributed by atoms with Gasteiger partial charge in [-0.3, -0.25) is 0 Å². The van der Waals surface area contributed by atoms with E-state index >= 15 is 0 Å². The second-order valence-corrected chi connectivity index (χ2v) is 7.74. The fourth-order valence-corrected chi connectivity index (χ4v) is 3.46. The SMILES string of the molecule is C=C[C@@H]1O[C@@H](O[C@H](C)CC[C@H]2C[C@@H]2C(O)OC(C)C)[C@H](C)C[C@H]1O. The van der Waals surface area contributed by atoms with Gasteiger partial charge in [0, 0.05) is 11.8 Å². The molecule has 140 valence electrons. The first kappa shape index (κ1) is 19.9. The second-order valence-electron chi connectivity index (χ2n) is 7.74. The Kier molecular flexibility index (Phi) is 7.25. The Balaban J connectivity index is 1.68. The number of hydrogen-bond donors (Lipinski definition) is 2. The van der Waals surface area contributed by atoms with Gasteiger partial charge in [-0.2, -0.15) is 0 Å². The number of aliphatic hydroxyl groups excluding tert-OH is 2. The zero-order chi connectivity index (χ0) is 17.9. The summed E-state index contributed by atoms with van der Waals surface area (Å²) in [6, 6.07) is 0. The molecule has 1 unspecified atom stereocenters. The molecule has 0 aromatic rings. The molecule has 0 aromatic carbocycles. The average Bonchev–Trinajstić information content (AvgIpc) is 3.27. The summed E-state index contributed by atoms with van der Waals surface area (Å²) >= 11 is 0. The maximum Gasteiger partial charge on any atom is 0.161 e. The molecule has 1 saturated carbocycles. The van der Waals surface area contributed by atoms with Crippen LogP contribution in [0.4, 0.5) is 0 Å². The maximum absolute atomic E-state index is 9.97. The summed E-state index contributed by atoms with van der Waals surface area (Å²) in [5.74, 6) is 0.954. The van der Waals surface area contributed by atoms with Crippen molar-refractivity contribution < 1.29 is 24.4 Å². The van der Waals surface area contributed by atoms with E-state index in [0.717, 1.165) is 19.3 Å². The third-order valence-electron chi connectivity index (χ3n) is 5.05. The normalized spacial score (nSPS) is 38.8. The fourth-order valence-electron chi connectivity index (χ4n) is 3.46. The fraction of sp³-hybridized carbons (Fsp3) is 0.895. The molecule has 1 heterocycles. The van der Waals surface area contributed by atoms with Crippen LogP contribution < -0.4 is 0 Å². The second kappa shape index (κ2) is 8.77. The third-order valence-corrected chi connectivity index (χ3v) is 5.05. The summed E-state index contributed by atoms with van der Waals surface area (Å²) in [6.07, 6.45) is 3.66. The van der Waals surface area contributed by atoms with Gasteiger partial charge in [0.2, 0.25) is 0 Å². The molecule has 2 fully saturated rings. The molecule has 2 rings (SSSR count). The van der Waals surface area contributed by atoms with Gasteiger partial charge in [-0.1, -0.05) is 13.0 Å². The molecule has 24 heavy (non-hydrogen) atoms. The monoisotopic (exact) mass is 342 g/mol. The van der Waals surface area contributed by atoms with E-state index in [1.807, 2.05) is 20.8 Å². The van der Waals surface area contributed by atoms with E-state index in [9.17, 15) is 10.2 Å². The zero-order valence-electron chi connectivity index (χ0n) is 15.4. The molecule has 5 heteroatoms. The Morgan fingerprint density at radius 2 is 2.00 bits per heavy atom. The van der Waals surface area contributed by atoms with Crippen LogP contribution in [-0.4, -0.2) is 47.2 Å². The van der Waals surface area contributed by atoms with Crippen LogP contribution in [0.1, 0.15) is 53.4 Å². The van der Waals surface area contributed by atoms with Crippen LogP contribution in [-0.2, 0) is 14.2 Å². The summed E-state index contributed by atoms with van der Waals surface area (Å²) in [5.41, 5.74) is 0. The van der Waals surface area contributed by atoms with Crippen molar-refractivity contribution in [1.29, 1.82) is 0 Å². The molecule has 5 nitrogen and oxygen atoms in total. The van der Waals surface area contributed by atoms with Gasteiger partial charge in [0.15, 0.2) is 12.6 Å². The summed E-state index contributed by atoms with van der Waals surface area (Å²) in [5, 5.41) is 19.9. The number of ether oxygens (including phenoxy) is 3. The van der Waals surface area contributed by atoms with E-state index in [4.69, 9.17) is 14.2 Å². The molecule has 0 aromatic heterocycles. The highest BCUT2D eigenvalue weighted by Crippen LogP contribution is 2.45.